The van der Waals surface area contributed by atoms with Crippen LogP contribution in [0.5, 0.6) is 0 Å². The van der Waals surface area contributed by atoms with Gasteiger partial charge in [0.2, 0.25) is 10.0 Å². The fourth-order valence-corrected chi connectivity index (χ4v) is 2.85. The predicted octanol–water partition coefficient (Wildman–Crippen LogP) is 1.45. The quantitative estimate of drug-likeness (QED) is 0.863. The topological polar surface area (TPSA) is 85.4 Å². The van der Waals surface area contributed by atoms with Gasteiger partial charge < -0.3 is 4.74 Å². The Morgan fingerprint density at radius 2 is 2.17 bits per heavy atom. The number of esters is 1. The van der Waals surface area contributed by atoms with Gasteiger partial charge in [-0.25, -0.2) is 18.2 Å². The number of thiophene rings is 1. The van der Waals surface area contributed by atoms with Gasteiger partial charge in [0.15, 0.2) is 0 Å². The van der Waals surface area contributed by atoms with Crippen LogP contribution in [-0.4, -0.2) is 32.7 Å². The van der Waals surface area contributed by atoms with Crippen LogP contribution in [0.25, 0.3) is 10.2 Å². The third-order valence-corrected chi connectivity index (χ3v) is 3.71. The highest BCUT2D eigenvalue weighted by Gasteiger charge is 2.12. The van der Waals surface area contributed by atoms with E-state index < -0.39 is 16.0 Å². The Morgan fingerprint density at radius 3 is 2.78 bits per heavy atom. The summed E-state index contributed by atoms with van der Waals surface area (Å²) in [6, 6.07) is 3.23. The van der Waals surface area contributed by atoms with Crippen molar-refractivity contribution in [1.82, 2.24) is 4.98 Å². The van der Waals surface area contributed by atoms with E-state index >= 15 is 0 Å². The maximum Gasteiger partial charge on any atom is 0.348 e. The molecule has 2 heterocycles. The number of sulfonamides is 1. The Balaban J connectivity index is 2.42. The molecule has 8 heteroatoms. The molecular formula is C10H10N2O4S2. The Hall–Kier alpha value is -1.67. The third kappa shape index (κ3) is 2.77. The Kier molecular flexibility index (Phi) is 3.22. The van der Waals surface area contributed by atoms with Crippen molar-refractivity contribution in [2.45, 2.75) is 0 Å². The van der Waals surface area contributed by atoms with E-state index in [1.54, 1.807) is 12.1 Å². The van der Waals surface area contributed by atoms with Crippen LogP contribution in [0, 0.1) is 0 Å². The molecule has 2 aromatic heterocycles. The van der Waals surface area contributed by atoms with Gasteiger partial charge in [-0.2, -0.15) is 0 Å². The summed E-state index contributed by atoms with van der Waals surface area (Å²) in [4.78, 5) is 16.5. The summed E-state index contributed by atoms with van der Waals surface area (Å²) in [5.74, 6) is -0.435. The Bertz CT molecular complexity index is 706. The van der Waals surface area contributed by atoms with Crippen LogP contribution in [0.1, 0.15) is 9.67 Å². The summed E-state index contributed by atoms with van der Waals surface area (Å²) < 4.78 is 29.1. The van der Waals surface area contributed by atoms with Gasteiger partial charge in [0, 0.05) is 5.39 Å². The molecule has 0 aromatic carbocycles. The van der Waals surface area contributed by atoms with Crippen molar-refractivity contribution in [3.63, 3.8) is 0 Å². The van der Waals surface area contributed by atoms with Gasteiger partial charge in [0.05, 0.1) is 25.2 Å². The number of hydrogen-bond acceptors (Lipinski definition) is 6. The van der Waals surface area contributed by atoms with Gasteiger partial charge in [-0.15, -0.1) is 11.3 Å². The smallest absolute Gasteiger partial charge is 0.348 e. The highest BCUT2D eigenvalue weighted by atomic mass is 32.2. The lowest BCUT2D eigenvalue weighted by Gasteiger charge is -2.02. The number of carbonyl (C=O) groups is 1. The molecule has 0 atom stereocenters. The van der Waals surface area contributed by atoms with Crippen LogP contribution >= 0.6 is 11.3 Å². The van der Waals surface area contributed by atoms with Crippen molar-refractivity contribution in [3.05, 3.63) is 23.2 Å². The molecule has 0 unspecified atom stereocenters. The van der Waals surface area contributed by atoms with Gasteiger partial charge in [-0.1, -0.05) is 0 Å². The van der Waals surface area contributed by atoms with E-state index in [1.165, 1.54) is 24.6 Å². The average Bonchev–Trinajstić information content (AvgIpc) is 2.68. The summed E-state index contributed by atoms with van der Waals surface area (Å²) in [5, 5.41) is 0.689. The van der Waals surface area contributed by atoms with Crippen molar-refractivity contribution in [2.24, 2.45) is 0 Å². The highest BCUT2D eigenvalue weighted by Crippen LogP contribution is 2.26. The van der Waals surface area contributed by atoms with E-state index in [9.17, 15) is 13.2 Å². The molecule has 0 radical (unpaired) electrons. The summed E-state index contributed by atoms with van der Waals surface area (Å²) >= 11 is 1.19. The van der Waals surface area contributed by atoms with Gasteiger partial charge in [0.1, 0.15) is 9.71 Å². The number of hydrogen-bond donors (Lipinski definition) is 1. The van der Waals surface area contributed by atoms with E-state index in [0.717, 1.165) is 6.26 Å². The lowest BCUT2D eigenvalue weighted by molar-refractivity contribution is 0.0606. The average molecular weight is 286 g/mol. The SMILES string of the molecule is COC(=O)c1cc2cc(NS(C)(=O)=O)cnc2s1. The van der Waals surface area contributed by atoms with Gasteiger partial charge >= 0.3 is 5.97 Å². The first-order valence-electron chi connectivity index (χ1n) is 4.85. The van der Waals surface area contributed by atoms with Crippen LogP contribution in [0.3, 0.4) is 0 Å². The number of ether oxygens (including phenoxy) is 1. The van der Waals surface area contributed by atoms with Crippen LogP contribution in [-0.2, 0) is 14.8 Å². The number of aromatic nitrogens is 1. The zero-order valence-electron chi connectivity index (χ0n) is 9.63. The molecule has 6 nitrogen and oxygen atoms in total. The first-order valence-corrected chi connectivity index (χ1v) is 7.55. The van der Waals surface area contributed by atoms with Crippen LogP contribution in [0.15, 0.2) is 18.3 Å². The Labute approximate surface area is 108 Å². The van der Waals surface area contributed by atoms with Crippen LogP contribution in [0.2, 0.25) is 0 Å². The van der Waals surface area contributed by atoms with E-state index in [1.807, 2.05) is 0 Å². The first-order chi connectivity index (χ1) is 8.39. The molecule has 0 saturated carbocycles. The second-order valence-electron chi connectivity index (χ2n) is 3.59. The molecule has 0 aliphatic heterocycles. The zero-order valence-corrected chi connectivity index (χ0v) is 11.3. The molecule has 18 heavy (non-hydrogen) atoms. The molecule has 0 amide bonds. The summed E-state index contributed by atoms with van der Waals surface area (Å²) in [6.45, 7) is 0. The molecule has 0 bridgehead atoms. The lowest BCUT2D eigenvalue weighted by Crippen LogP contribution is -2.09. The van der Waals surface area contributed by atoms with Crippen molar-refractivity contribution >= 4 is 43.2 Å². The number of nitrogens with zero attached hydrogens (tertiary/aromatic N) is 1. The first kappa shape index (κ1) is 12.8. The number of rotatable bonds is 3. The van der Waals surface area contributed by atoms with E-state index in [2.05, 4.69) is 14.4 Å². The number of fused-ring (bicyclic) bond motifs is 1. The molecule has 96 valence electrons. The van der Waals surface area contributed by atoms with E-state index in [-0.39, 0.29) is 0 Å². The van der Waals surface area contributed by atoms with Crippen molar-refractivity contribution in [1.29, 1.82) is 0 Å². The number of carbonyl (C=O) groups excluding carboxylic acids is 1. The molecule has 0 saturated heterocycles. The van der Waals surface area contributed by atoms with E-state index in [4.69, 9.17) is 0 Å². The molecule has 2 rings (SSSR count). The maximum atomic E-state index is 11.3. The fraction of sp³-hybridized carbons (Fsp3) is 0.200. The van der Waals surface area contributed by atoms with Crippen LogP contribution < -0.4 is 4.72 Å². The molecule has 0 spiro atoms. The van der Waals surface area contributed by atoms with Crippen molar-refractivity contribution in [3.8, 4) is 0 Å². The lowest BCUT2D eigenvalue weighted by atomic mass is 10.3. The van der Waals surface area contributed by atoms with Gasteiger partial charge in [-0.05, 0) is 12.1 Å². The molecule has 0 fully saturated rings. The number of nitrogens with one attached hydrogen (secondary N) is 1. The van der Waals surface area contributed by atoms with Gasteiger partial charge in [0.25, 0.3) is 0 Å². The minimum atomic E-state index is -3.34. The molecule has 1 N–H and O–H groups in total. The van der Waals surface area contributed by atoms with Crippen molar-refractivity contribution < 1.29 is 17.9 Å². The monoisotopic (exact) mass is 286 g/mol. The normalized spacial score (nSPS) is 11.4. The standard InChI is InChI=1S/C10H10N2O4S2/c1-16-10(13)8-4-6-3-7(12-18(2,14)15)5-11-9(6)17-8/h3-5,12H,1-2H3. The second-order valence-corrected chi connectivity index (χ2v) is 6.37. The van der Waals surface area contributed by atoms with Gasteiger partial charge in [-0.3, -0.25) is 4.72 Å². The molecule has 0 aliphatic rings. The summed E-state index contributed by atoms with van der Waals surface area (Å²) in [5.41, 5.74) is 0.360. The van der Waals surface area contributed by atoms with E-state index in [0.29, 0.717) is 20.8 Å². The third-order valence-electron chi connectivity index (χ3n) is 2.06. The molecular weight excluding hydrogens is 276 g/mol. The number of anilines is 1. The molecule has 2 aromatic rings. The highest BCUT2D eigenvalue weighted by molar-refractivity contribution is 7.92. The number of methoxy groups -OCH3 is 1. The van der Waals surface area contributed by atoms with Crippen LogP contribution in [0.4, 0.5) is 5.69 Å². The largest absolute Gasteiger partial charge is 0.465 e. The Morgan fingerprint density at radius 1 is 1.44 bits per heavy atom. The molecule has 0 aliphatic carbocycles. The predicted molar refractivity (Wildman–Crippen MR) is 69.4 cm³/mol. The second kappa shape index (κ2) is 4.54. The van der Waals surface area contributed by atoms with Crippen molar-refractivity contribution in [2.75, 3.05) is 18.1 Å². The maximum absolute atomic E-state index is 11.3. The minimum absolute atomic E-state index is 0.360. The summed E-state index contributed by atoms with van der Waals surface area (Å²) in [6.07, 6.45) is 2.46. The fourth-order valence-electron chi connectivity index (χ4n) is 1.40. The summed E-state index contributed by atoms with van der Waals surface area (Å²) in [7, 11) is -2.04. The minimum Gasteiger partial charge on any atom is -0.465 e. The zero-order chi connectivity index (χ0) is 13.3. The number of pyridine rings is 1.